The maximum atomic E-state index is 5.85. The fourth-order valence-electron chi connectivity index (χ4n) is 3.24. The fraction of sp³-hybridized carbons (Fsp3) is 0.250. The highest BCUT2D eigenvalue weighted by Gasteiger charge is 2.22. The topological polar surface area (TPSA) is 74.2 Å². The summed E-state index contributed by atoms with van der Waals surface area (Å²) in [6, 6.07) is 15.5. The van der Waals surface area contributed by atoms with Crippen molar-refractivity contribution < 1.29 is 13.7 Å². The predicted octanol–water partition coefficient (Wildman–Crippen LogP) is 4.44. The largest absolute Gasteiger partial charge is 0.436 e. The summed E-state index contributed by atoms with van der Waals surface area (Å²) in [5.41, 5.74) is 3.33. The Kier molecular flexibility index (Phi) is 3.75. The van der Waals surface area contributed by atoms with Crippen molar-refractivity contribution >= 4 is 11.1 Å². The molecule has 2 aromatic heterocycles. The standard InChI is InChI=1S/C20H17N3O3/c1-2-9-17-16(8-1)21-19(25-17)13-5-3-6-14(11-13)20-22-18(23-26-20)15-7-4-10-24-12-15/h1-3,5-6,8-9,11,15H,4,7,10,12H2. The molecule has 3 heterocycles. The first-order valence-corrected chi connectivity index (χ1v) is 8.74. The SMILES string of the molecule is c1cc(-c2nc(C3CCCOC3)no2)cc(-c2nc3ccccc3o2)c1. The third-order valence-electron chi connectivity index (χ3n) is 4.62. The number of oxazole rings is 1. The number of nitrogens with zero attached hydrogens (tertiary/aromatic N) is 3. The van der Waals surface area contributed by atoms with Gasteiger partial charge >= 0.3 is 0 Å². The van der Waals surface area contributed by atoms with Gasteiger partial charge in [0, 0.05) is 23.7 Å². The van der Waals surface area contributed by atoms with E-state index in [0.29, 0.717) is 24.2 Å². The van der Waals surface area contributed by atoms with Crippen molar-refractivity contribution in [1.29, 1.82) is 0 Å². The highest BCUT2D eigenvalue weighted by Crippen LogP contribution is 2.29. The molecule has 1 fully saturated rings. The summed E-state index contributed by atoms with van der Waals surface area (Å²) in [5.74, 6) is 2.01. The first kappa shape index (κ1) is 15.3. The second kappa shape index (κ2) is 6.38. The Hall–Kier alpha value is -2.99. The lowest BCUT2D eigenvalue weighted by Crippen LogP contribution is -2.16. The van der Waals surface area contributed by atoms with Crippen LogP contribution in [0, 0.1) is 0 Å². The van der Waals surface area contributed by atoms with Crippen LogP contribution in [0.5, 0.6) is 0 Å². The second-order valence-electron chi connectivity index (χ2n) is 6.44. The molecule has 1 atom stereocenters. The van der Waals surface area contributed by atoms with Gasteiger partial charge in [-0.1, -0.05) is 23.4 Å². The molecule has 0 bridgehead atoms. The molecule has 0 aliphatic carbocycles. The molecule has 0 radical (unpaired) electrons. The van der Waals surface area contributed by atoms with Gasteiger partial charge in [0.2, 0.25) is 5.89 Å². The molecule has 26 heavy (non-hydrogen) atoms. The smallest absolute Gasteiger partial charge is 0.257 e. The van der Waals surface area contributed by atoms with Crippen molar-refractivity contribution in [3.63, 3.8) is 0 Å². The minimum atomic E-state index is 0.210. The van der Waals surface area contributed by atoms with Gasteiger partial charge < -0.3 is 13.7 Å². The van der Waals surface area contributed by atoms with Crippen LogP contribution < -0.4 is 0 Å². The average Bonchev–Trinajstić information content (AvgIpc) is 3.36. The van der Waals surface area contributed by atoms with Gasteiger partial charge in [-0.15, -0.1) is 0 Å². The summed E-state index contributed by atoms with van der Waals surface area (Å²) in [4.78, 5) is 9.12. The van der Waals surface area contributed by atoms with E-state index in [-0.39, 0.29) is 5.92 Å². The lowest BCUT2D eigenvalue weighted by molar-refractivity contribution is 0.0773. The van der Waals surface area contributed by atoms with Crippen molar-refractivity contribution in [2.45, 2.75) is 18.8 Å². The number of rotatable bonds is 3. The third-order valence-corrected chi connectivity index (χ3v) is 4.62. The van der Waals surface area contributed by atoms with Gasteiger partial charge in [-0.3, -0.25) is 0 Å². The van der Waals surface area contributed by atoms with Crippen molar-refractivity contribution in [3.8, 4) is 22.9 Å². The van der Waals surface area contributed by atoms with Crippen LogP contribution in [0.3, 0.4) is 0 Å². The zero-order valence-corrected chi connectivity index (χ0v) is 14.1. The summed E-state index contributed by atoms with van der Waals surface area (Å²) >= 11 is 0. The van der Waals surface area contributed by atoms with E-state index >= 15 is 0 Å². The average molecular weight is 347 g/mol. The summed E-state index contributed by atoms with van der Waals surface area (Å²) in [5, 5.41) is 4.15. The number of benzene rings is 2. The maximum absolute atomic E-state index is 5.85. The zero-order valence-electron chi connectivity index (χ0n) is 14.1. The molecule has 130 valence electrons. The molecule has 1 aliphatic heterocycles. The molecule has 0 saturated carbocycles. The van der Waals surface area contributed by atoms with Crippen LogP contribution in [0.15, 0.2) is 57.5 Å². The van der Waals surface area contributed by atoms with E-state index in [4.69, 9.17) is 13.7 Å². The van der Waals surface area contributed by atoms with Gasteiger partial charge in [0.15, 0.2) is 11.4 Å². The van der Waals surface area contributed by atoms with E-state index < -0.39 is 0 Å². The Bertz CT molecular complexity index is 1010. The van der Waals surface area contributed by atoms with Crippen LogP contribution in [0.2, 0.25) is 0 Å². The molecule has 6 heteroatoms. The Morgan fingerprint density at radius 3 is 2.65 bits per heavy atom. The Morgan fingerprint density at radius 2 is 1.81 bits per heavy atom. The number of aromatic nitrogens is 3. The monoisotopic (exact) mass is 347 g/mol. The van der Waals surface area contributed by atoms with Crippen molar-refractivity contribution in [3.05, 3.63) is 54.4 Å². The summed E-state index contributed by atoms with van der Waals surface area (Å²) in [7, 11) is 0. The minimum absolute atomic E-state index is 0.210. The van der Waals surface area contributed by atoms with E-state index in [1.165, 1.54) is 0 Å². The van der Waals surface area contributed by atoms with Gasteiger partial charge in [-0.2, -0.15) is 4.98 Å². The second-order valence-corrected chi connectivity index (χ2v) is 6.44. The Morgan fingerprint density at radius 1 is 0.923 bits per heavy atom. The van der Waals surface area contributed by atoms with Crippen LogP contribution in [-0.2, 0) is 4.74 Å². The lowest BCUT2D eigenvalue weighted by Gasteiger charge is -2.18. The fourth-order valence-corrected chi connectivity index (χ4v) is 3.24. The van der Waals surface area contributed by atoms with Gasteiger partial charge in [-0.25, -0.2) is 4.98 Å². The molecule has 2 aromatic carbocycles. The molecule has 4 aromatic rings. The van der Waals surface area contributed by atoms with Gasteiger partial charge in [0.1, 0.15) is 5.52 Å². The van der Waals surface area contributed by atoms with Crippen LogP contribution in [0.1, 0.15) is 24.6 Å². The first-order valence-electron chi connectivity index (χ1n) is 8.74. The van der Waals surface area contributed by atoms with E-state index in [1.807, 2.05) is 48.5 Å². The maximum Gasteiger partial charge on any atom is 0.257 e. The molecule has 6 nitrogen and oxygen atoms in total. The lowest BCUT2D eigenvalue weighted by atomic mass is 10.0. The van der Waals surface area contributed by atoms with Crippen molar-refractivity contribution in [2.75, 3.05) is 13.2 Å². The Balaban J connectivity index is 1.47. The van der Waals surface area contributed by atoms with E-state index in [9.17, 15) is 0 Å². The van der Waals surface area contributed by atoms with Crippen molar-refractivity contribution in [2.24, 2.45) is 0 Å². The van der Waals surface area contributed by atoms with Crippen LogP contribution >= 0.6 is 0 Å². The van der Waals surface area contributed by atoms with E-state index in [1.54, 1.807) is 0 Å². The number of hydrogen-bond donors (Lipinski definition) is 0. The number of para-hydroxylation sites is 2. The Labute approximate surface area is 149 Å². The van der Waals surface area contributed by atoms with Crippen molar-refractivity contribution in [1.82, 2.24) is 15.1 Å². The number of ether oxygens (including phenoxy) is 1. The molecule has 0 N–H and O–H groups in total. The van der Waals surface area contributed by atoms with Crippen LogP contribution in [0.25, 0.3) is 34.0 Å². The molecule has 0 amide bonds. The molecule has 1 saturated heterocycles. The zero-order chi connectivity index (χ0) is 17.3. The normalized spacial score (nSPS) is 17.6. The summed E-state index contributed by atoms with van der Waals surface area (Å²) in [6.45, 7) is 1.47. The molecular formula is C20H17N3O3. The molecular weight excluding hydrogens is 330 g/mol. The predicted molar refractivity (Wildman–Crippen MR) is 95.5 cm³/mol. The molecule has 0 spiro atoms. The minimum Gasteiger partial charge on any atom is -0.436 e. The molecule has 1 aliphatic rings. The first-order chi connectivity index (χ1) is 12.9. The highest BCUT2D eigenvalue weighted by molar-refractivity contribution is 5.76. The van der Waals surface area contributed by atoms with Crippen LogP contribution in [0.4, 0.5) is 0 Å². The summed E-state index contributed by atoms with van der Waals surface area (Å²) in [6.07, 6.45) is 2.06. The van der Waals surface area contributed by atoms with Gasteiger partial charge in [-0.05, 0) is 43.2 Å². The van der Waals surface area contributed by atoms with E-state index in [0.717, 1.165) is 41.7 Å². The van der Waals surface area contributed by atoms with Gasteiger partial charge in [0.05, 0.1) is 6.61 Å². The molecule has 1 unspecified atom stereocenters. The van der Waals surface area contributed by atoms with Gasteiger partial charge in [0.25, 0.3) is 5.89 Å². The van der Waals surface area contributed by atoms with E-state index in [2.05, 4.69) is 15.1 Å². The third kappa shape index (κ3) is 2.78. The highest BCUT2D eigenvalue weighted by atomic mass is 16.5. The summed E-state index contributed by atoms with van der Waals surface area (Å²) < 4.78 is 16.9. The number of fused-ring (bicyclic) bond motifs is 1. The molecule has 5 rings (SSSR count). The van der Waals surface area contributed by atoms with Crippen LogP contribution in [-0.4, -0.2) is 28.3 Å². The quantitative estimate of drug-likeness (QED) is 0.545. The number of hydrogen-bond acceptors (Lipinski definition) is 6.